The van der Waals surface area contributed by atoms with Gasteiger partial charge in [-0.15, -0.1) is 0 Å². The predicted octanol–water partition coefficient (Wildman–Crippen LogP) is 4.26. The number of carbonyl (C=O) groups is 1. The van der Waals surface area contributed by atoms with E-state index in [-0.39, 0.29) is 18.0 Å². The number of amides is 2. The van der Waals surface area contributed by atoms with Gasteiger partial charge < -0.3 is 20.7 Å². The first-order valence-electron chi connectivity index (χ1n) is 10.4. The molecule has 2 aromatic heterocycles. The van der Waals surface area contributed by atoms with E-state index in [9.17, 15) is 4.79 Å². The number of nitrogens with one attached hydrogen (secondary N) is 1. The fraction of sp³-hybridized carbons (Fsp3) is 0.333. The molecule has 2 aliphatic rings. The van der Waals surface area contributed by atoms with Crippen molar-refractivity contribution in [3.63, 3.8) is 0 Å². The van der Waals surface area contributed by atoms with Crippen LogP contribution in [0.2, 0.25) is 10.0 Å². The molecule has 1 fully saturated rings. The molecule has 5 rings (SSSR count). The third kappa shape index (κ3) is 4.87. The van der Waals surface area contributed by atoms with Crippen LogP contribution in [0.4, 0.5) is 10.7 Å². The molecular weight excluding hydrogens is 533 g/mol. The third-order valence-electron chi connectivity index (χ3n) is 5.43. The molecule has 1 aliphatic heterocycles. The number of halogens is 3. The van der Waals surface area contributed by atoms with Crippen LogP contribution < -0.4 is 15.8 Å². The third-order valence-corrected chi connectivity index (χ3v) is 6.35. The zero-order valence-electron chi connectivity index (χ0n) is 17.4. The Bertz CT molecular complexity index is 1230. The van der Waals surface area contributed by atoms with Crippen LogP contribution in [0.15, 0.2) is 29.0 Å². The van der Waals surface area contributed by atoms with Crippen molar-refractivity contribution in [2.45, 2.75) is 38.5 Å². The molecule has 1 aromatic carbocycles. The first kappa shape index (κ1) is 22.2. The number of hydrogen-bond donors (Lipinski definition) is 2. The Morgan fingerprint density at radius 2 is 2.09 bits per heavy atom. The lowest BCUT2D eigenvalue weighted by Gasteiger charge is -2.17. The van der Waals surface area contributed by atoms with E-state index in [1.165, 1.54) is 0 Å². The van der Waals surface area contributed by atoms with Gasteiger partial charge in [0.15, 0.2) is 0 Å². The van der Waals surface area contributed by atoms with Crippen molar-refractivity contribution in [2.24, 2.45) is 0 Å². The number of anilines is 1. The van der Waals surface area contributed by atoms with E-state index >= 15 is 0 Å². The van der Waals surface area contributed by atoms with Crippen molar-refractivity contribution in [3.05, 3.63) is 50.3 Å². The normalized spacial score (nSPS) is 14.9. The number of fused-ring (bicyclic) bond motifs is 1. The van der Waals surface area contributed by atoms with Gasteiger partial charge in [-0.05, 0) is 40.9 Å². The highest BCUT2D eigenvalue weighted by molar-refractivity contribution is 9.10. The summed E-state index contributed by atoms with van der Waals surface area (Å²) in [5.41, 5.74) is 8.62. The Balaban J connectivity index is 1.45. The molecule has 2 amide bonds. The summed E-state index contributed by atoms with van der Waals surface area (Å²) in [7, 11) is 0. The van der Waals surface area contributed by atoms with E-state index in [1.807, 2.05) is 6.20 Å². The van der Waals surface area contributed by atoms with Gasteiger partial charge in [0.1, 0.15) is 12.4 Å². The van der Waals surface area contributed by atoms with Gasteiger partial charge in [0.25, 0.3) is 0 Å². The Morgan fingerprint density at radius 1 is 1.27 bits per heavy atom. The van der Waals surface area contributed by atoms with Crippen LogP contribution in [0.25, 0.3) is 11.3 Å². The van der Waals surface area contributed by atoms with E-state index in [2.05, 4.69) is 36.3 Å². The molecule has 1 saturated carbocycles. The van der Waals surface area contributed by atoms with E-state index in [1.54, 1.807) is 27.9 Å². The second-order valence-corrected chi connectivity index (χ2v) is 9.73. The monoisotopic (exact) mass is 551 g/mol. The van der Waals surface area contributed by atoms with Crippen LogP contribution >= 0.6 is 39.1 Å². The molecule has 0 bridgehead atoms. The zero-order valence-corrected chi connectivity index (χ0v) is 20.5. The largest absolute Gasteiger partial charge is 0.491 e. The van der Waals surface area contributed by atoms with Crippen LogP contribution in [0.1, 0.15) is 24.1 Å². The average Bonchev–Trinajstić information content (AvgIpc) is 3.29. The fourth-order valence-electron chi connectivity index (χ4n) is 3.72. The Kier molecular flexibility index (Phi) is 6.07. The highest BCUT2D eigenvalue weighted by Gasteiger charge is 2.33. The molecule has 3 aromatic rings. The first-order valence-corrected chi connectivity index (χ1v) is 11.9. The molecule has 33 heavy (non-hydrogen) atoms. The highest BCUT2D eigenvalue weighted by Crippen LogP contribution is 2.42. The molecular formula is C21H20BrCl2N7O2. The van der Waals surface area contributed by atoms with Crippen molar-refractivity contribution in [1.82, 2.24) is 30.0 Å². The van der Waals surface area contributed by atoms with Gasteiger partial charge in [0.05, 0.1) is 52.3 Å². The number of ether oxygens (including phenoxy) is 1. The van der Waals surface area contributed by atoms with Gasteiger partial charge in [-0.25, -0.2) is 14.8 Å². The van der Waals surface area contributed by atoms with Gasteiger partial charge in [-0.1, -0.05) is 23.2 Å². The van der Waals surface area contributed by atoms with Crippen LogP contribution in [0.3, 0.4) is 0 Å². The topological polar surface area (TPSA) is 111 Å². The molecule has 172 valence electrons. The average molecular weight is 553 g/mol. The summed E-state index contributed by atoms with van der Waals surface area (Å²) in [5.74, 6) is 0.575. The highest BCUT2D eigenvalue weighted by atomic mass is 79.9. The second kappa shape index (κ2) is 9.00. The minimum Gasteiger partial charge on any atom is -0.491 e. The molecule has 0 radical (unpaired) electrons. The Hall–Kier alpha value is -2.56. The van der Waals surface area contributed by atoms with Crippen LogP contribution in [0.5, 0.6) is 5.75 Å². The number of rotatable bonds is 6. The van der Waals surface area contributed by atoms with Crippen molar-refractivity contribution < 1.29 is 9.53 Å². The molecule has 3 N–H and O–H groups in total. The Morgan fingerprint density at radius 3 is 2.82 bits per heavy atom. The van der Waals surface area contributed by atoms with Crippen molar-refractivity contribution in [2.75, 3.05) is 12.3 Å². The summed E-state index contributed by atoms with van der Waals surface area (Å²) in [5, 5.41) is 8.05. The quantitative estimate of drug-likeness (QED) is 0.472. The maximum Gasteiger partial charge on any atom is 0.318 e. The van der Waals surface area contributed by atoms with Crippen molar-refractivity contribution >= 4 is 51.1 Å². The van der Waals surface area contributed by atoms with Crippen molar-refractivity contribution in [3.8, 4) is 17.0 Å². The molecule has 9 nitrogen and oxygen atoms in total. The number of nitrogen functional groups attached to an aromatic ring is 1. The predicted molar refractivity (Wildman–Crippen MR) is 128 cm³/mol. The number of nitrogens with zero attached hydrogens (tertiary/aromatic N) is 5. The molecule has 0 saturated heterocycles. The molecule has 0 atom stereocenters. The molecule has 12 heteroatoms. The number of aromatic nitrogens is 4. The maximum atomic E-state index is 12.6. The summed E-state index contributed by atoms with van der Waals surface area (Å²) in [6.07, 6.45) is 5.59. The van der Waals surface area contributed by atoms with Crippen LogP contribution in [0, 0.1) is 0 Å². The van der Waals surface area contributed by atoms with Crippen LogP contribution in [-0.4, -0.2) is 43.3 Å². The summed E-state index contributed by atoms with van der Waals surface area (Å²) in [6.45, 7) is 1.55. The maximum absolute atomic E-state index is 12.6. The number of nitrogens with two attached hydrogens (primary N) is 1. The molecule has 0 spiro atoms. The van der Waals surface area contributed by atoms with E-state index in [0.717, 1.165) is 22.9 Å². The Labute approximate surface area is 208 Å². The van der Waals surface area contributed by atoms with Crippen LogP contribution in [-0.2, 0) is 19.6 Å². The van der Waals surface area contributed by atoms with Gasteiger partial charge in [-0.2, -0.15) is 5.10 Å². The number of hydrogen-bond acceptors (Lipinski definition) is 6. The number of benzene rings is 1. The lowest BCUT2D eigenvalue weighted by atomic mass is 10.0. The zero-order chi connectivity index (χ0) is 23.1. The van der Waals surface area contributed by atoms with E-state index in [4.69, 9.17) is 33.7 Å². The fourth-order valence-corrected chi connectivity index (χ4v) is 4.61. The summed E-state index contributed by atoms with van der Waals surface area (Å²) in [4.78, 5) is 23.2. The number of urea groups is 1. The first-order chi connectivity index (χ1) is 15.9. The van der Waals surface area contributed by atoms with E-state index < -0.39 is 0 Å². The van der Waals surface area contributed by atoms with Gasteiger partial charge >= 0.3 is 6.03 Å². The summed E-state index contributed by atoms with van der Waals surface area (Å²) < 4.78 is 8.70. The van der Waals surface area contributed by atoms with Gasteiger partial charge in [-0.3, -0.25) is 4.68 Å². The lowest BCUT2D eigenvalue weighted by Crippen LogP contribution is -2.37. The summed E-state index contributed by atoms with van der Waals surface area (Å²) >= 11 is 16.3. The smallest absolute Gasteiger partial charge is 0.318 e. The van der Waals surface area contributed by atoms with Crippen molar-refractivity contribution in [1.29, 1.82) is 0 Å². The number of carbonyl (C=O) groups excluding carboxylic acids is 1. The standard InChI is InChI=1S/C21H20BrCl2N7O2/c22-11-7-26-31(8-11)3-4-33-17-6-12(23)5-15(24)18(17)19-14-9-30(21(32)27-13-1-2-13)10-16(14)28-20(25)29-19/h5-8,13H,1-4,9-10H2,(H,27,32)(H2,25,28,29). The van der Waals surface area contributed by atoms with E-state index in [0.29, 0.717) is 59.0 Å². The molecule has 3 heterocycles. The molecule has 1 aliphatic carbocycles. The minimum atomic E-state index is -0.121. The summed E-state index contributed by atoms with van der Waals surface area (Å²) in [6, 6.07) is 3.47. The minimum absolute atomic E-state index is 0.103. The SMILES string of the molecule is Nc1nc2c(c(-c3c(Cl)cc(Cl)cc3OCCn3cc(Br)cn3)n1)CN(C(=O)NC1CC1)C2. The van der Waals surface area contributed by atoms with Gasteiger partial charge in [0.2, 0.25) is 5.95 Å². The lowest BCUT2D eigenvalue weighted by molar-refractivity contribution is 0.197. The van der Waals surface area contributed by atoms with Gasteiger partial charge in [0, 0.05) is 22.8 Å². The molecule has 0 unspecified atom stereocenters. The second-order valence-electron chi connectivity index (χ2n) is 7.97.